The Kier molecular flexibility index (Phi) is 2.36. The molecule has 1 saturated heterocycles. The van der Waals surface area contributed by atoms with Crippen molar-refractivity contribution in [2.24, 2.45) is 5.73 Å². The summed E-state index contributed by atoms with van der Waals surface area (Å²) < 4.78 is 0. The summed E-state index contributed by atoms with van der Waals surface area (Å²) in [5, 5.41) is 1.22. The van der Waals surface area contributed by atoms with Gasteiger partial charge in [-0.05, 0) is 13.8 Å². The summed E-state index contributed by atoms with van der Waals surface area (Å²) in [4.78, 5) is 8.16. The van der Waals surface area contributed by atoms with Gasteiger partial charge in [0.25, 0.3) is 0 Å². The standard InChI is InChI=1S/C9H15N3S/c1-6-7(2)13-9(11-6)5-12-3-8(10)4-12/h8H,3-5,10H2,1-2H3. The van der Waals surface area contributed by atoms with E-state index in [0.29, 0.717) is 6.04 Å². The molecule has 0 spiro atoms. The Morgan fingerprint density at radius 1 is 1.54 bits per heavy atom. The highest BCUT2D eigenvalue weighted by Gasteiger charge is 2.23. The summed E-state index contributed by atoms with van der Waals surface area (Å²) in [6.07, 6.45) is 0. The van der Waals surface area contributed by atoms with Crippen molar-refractivity contribution in [3.63, 3.8) is 0 Å². The molecular weight excluding hydrogens is 182 g/mol. The van der Waals surface area contributed by atoms with Crippen LogP contribution in [0, 0.1) is 13.8 Å². The van der Waals surface area contributed by atoms with Crippen LogP contribution in [-0.4, -0.2) is 29.0 Å². The number of likely N-dealkylation sites (tertiary alicyclic amines) is 1. The Morgan fingerprint density at radius 2 is 2.23 bits per heavy atom. The molecule has 0 atom stereocenters. The van der Waals surface area contributed by atoms with Gasteiger partial charge < -0.3 is 5.73 Å². The molecule has 2 N–H and O–H groups in total. The zero-order valence-electron chi connectivity index (χ0n) is 8.08. The molecule has 1 aliphatic rings. The van der Waals surface area contributed by atoms with E-state index in [1.54, 1.807) is 11.3 Å². The molecule has 72 valence electrons. The van der Waals surface area contributed by atoms with Crippen molar-refractivity contribution in [3.05, 3.63) is 15.6 Å². The average molecular weight is 197 g/mol. The van der Waals surface area contributed by atoms with Crippen LogP contribution in [0.5, 0.6) is 0 Å². The second-order valence-corrected chi connectivity index (χ2v) is 4.99. The summed E-state index contributed by atoms with van der Waals surface area (Å²) in [5.74, 6) is 0. The normalized spacial score (nSPS) is 19.0. The second kappa shape index (κ2) is 3.36. The van der Waals surface area contributed by atoms with Gasteiger partial charge >= 0.3 is 0 Å². The maximum Gasteiger partial charge on any atom is 0.107 e. The first-order chi connectivity index (χ1) is 6.15. The lowest BCUT2D eigenvalue weighted by atomic mass is 10.1. The minimum atomic E-state index is 0.391. The van der Waals surface area contributed by atoms with Crippen LogP contribution >= 0.6 is 11.3 Å². The van der Waals surface area contributed by atoms with E-state index >= 15 is 0 Å². The molecule has 0 unspecified atom stereocenters. The van der Waals surface area contributed by atoms with Crippen LogP contribution in [0.4, 0.5) is 0 Å². The maximum absolute atomic E-state index is 5.70. The quantitative estimate of drug-likeness (QED) is 0.766. The van der Waals surface area contributed by atoms with Crippen molar-refractivity contribution >= 4 is 11.3 Å². The molecule has 4 heteroatoms. The summed E-state index contributed by atoms with van der Waals surface area (Å²) in [6.45, 7) is 7.22. The largest absolute Gasteiger partial charge is 0.325 e. The monoisotopic (exact) mass is 197 g/mol. The summed E-state index contributed by atoms with van der Waals surface area (Å²) >= 11 is 1.80. The van der Waals surface area contributed by atoms with Gasteiger partial charge in [0.2, 0.25) is 0 Å². The number of aryl methyl sites for hydroxylation is 2. The minimum absolute atomic E-state index is 0.391. The molecule has 0 bridgehead atoms. The highest BCUT2D eigenvalue weighted by atomic mass is 32.1. The van der Waals surface area contributed by atoms with Crippen LogP contribution in [0.2, 0.25) is 0 Å². The van der Waals surface area contributed by atoms with Crippen molar-refractivity contribution in [2.75, 3.05) is 13.1 Å². The van der Waals surface area contributed by atoms with Gasteiger partial charge in [0, 0.05) is 24.0 Å². The van der Waals surface area contributed by atoms with Gasteiger partial charge in [-0.1, -0.05) is 0 Å². The zero-order valence-corrected chi connectivity index (χ0v) is 8.90. The molecule has 1 aliphatic heterocycles. The lowest BCUT2D eigenvalue weighted by molar-refractivity contribution is 0.142. The van der Waals surface area contributed by atoms with Crippen LogP contribution in [0.15, 0.2) is 0 Å². The highest BCUT2D eigenvalue weighted by Crippen LogP contribution is 2.19. The summed E-state index contributed by atoms with van der Waals surface area (Å²) in [7, 11) is 0. The van der Waals surface area contributed by atoms with E-state index in [-0.39, 0.29) is 0 Å². The fourth-order valence-corrected chi connectivity index (χ4v) is 2.51. The Labute approximate surface area is 82.6 Å². The van der Waals surface area contributed by atoms with Crippen LogP contribution in [0.3, 0.4) is 0 Å². The predicted molar refractivity (Wildman–Crippen MR) is 54.8 cm³/mol. The predicted octanol–water partition coefficient (Wildman–Crippen LogP) is 0.903. The Balaban J connectivity index is 1.95. The van der Waals surface area contributed by atoms with Crippen LogP contribution in [-0.2, 0) is 6.54 Å². The number of aromatic nitrogens is 1. The van der Waals surface area contributed by atoms with Crippen molar-refractivity contribution in [1.82, 2.24) is 9.88 Å². The highest BCUT2D eigenvalue weighted by molar-refractivity contribution is 7.11. The van der Waals surface area contributed by atoms with Gasteiger partial charge in [-0.15, -0.1) is 11.3 Å². The molecule has 3 nitrogen and oxygen atoms in total. The lowest BCUT2D eigenvalue weighted by Crippen LogP contribution is -2.54. The molecule has 1 fully saturated rings. The molecular formula is C9H15N3S. The average Bonchev–Trinajstić information content (AvgIpc) is 2.28. The lowest BCUT2D eigenvalue weighted by Gasteiger charge is -2.36. The number of thiazole rings is 1. The second-order valence-electron chi connectivity index (χ2n) is 3.70. The van der Waals surface area contributed by atoms with Gasteiger partial charge in [-0.25, -0.2) is 4.98 Å². The third kappa shape index (κ3) is 1.90. The first-order valence-corrected chi connectivity index (χ1v) is 5.37. The third-order valence-electron chi connectivity index (χ3n) is 2.42. The fourth-order valence-electron chi connectivity index (χ4n) is 1.54. The molecule has 0 radical (unpaired) electrons. The van der Waals surface area contributed by atoms with E-state index in [4.69, 9.17) is 5.73 Å². The topological polar surface area (TPSA) is 42.2 Å². The van der Waals surface area contributed by atoms with Gasteiger partial charge in [0.15, 0.2) is 0 Å². The van der Waals surface area contributed by atoms with Crippen LogP contribution < -0.4 is 5.73 Å². The minimum Gasteiger partial charge on any atom is -0.325 e. The van der Waals surface area contributed by atoms with Gasteiger partial charge in [0.05, 0.1) is 12.2 Å². The molecule has 2 rings (SSSR count). The fraction of sp³-hybridized carbons (Fsp3) is 0.667. The van der Waals surface area contributed by atoms with E-state index in [9.17, 15) is 0 Å². The molecule has 0 saturated carbocycles. The molecule has 13 heavy (non-hydrogen) atoms. The van der Waals surface area contributed by atoms with E-state index in [0.717, 1.165) is 19.6 Å². The Hall–Kier alpha value is -0.450. The van der Waals surface area contributed by atoms with E-state index in [2.05, 4.69) is 23.7 Å². The molecule has 0 aliphatic carbocycles. The molecule has 0 amide bonds. The molecule has 0 aromatic carbocycles. The number of nitrogens with zero attached hydrogens (tertiary/aromatic N) is 2. The van der Waals surface area contributed by atoms with Crippen molar-refractivity contribution in [3.8, 4) is 0 Å². The molecule has 1 aromatic heterocycles. The van der Waals surface area contributed by atoms with Gasteiger partial charge in [-0.3, -0.25) is 4.90 Å². The van der Waals surface area contributed by atoms with E-state index < -0.39 is 0 Å². The number of nitrogens with two attached hydrogens (primary N) is 1. The first-order valence-electron chi connectivity index (χ1n) is 4.56. The van der Waals surface area contributed by atoms with Crippen LogP contribution in [0.25, 0.3) is 0 Å². The van der Waals surface area contributed by atoms with Gasteiger partial charge in [-0.2, -0.15) is 0 Å². The first kappa shape index (κ1) is 9.12. The summed E-state index contributed by atoms with van der Waals surface area (Å²) in [5.41, 5.74) is 6.87. The molecule has 2 heterocycles. The number of hydrogen-bond donors (Lipinski definition) is 1. The SMILES string of the molecule is Cc1nc(CN2CC(N)C2)sc1C. The van der Waals surface area contributed by atoms with E-state index in [1.807, 2.05) is 0 Å². The van der Waals surface area contributed by atoms with Crippen molar-refractivity contribution < 1.29 is 0 Å². The Bertz CT molecular complexity index is 282. The summed E-state index contributed by atoms with van der Waals surface area (Å²) in [6, 6.07) is 0.391. The Morgan fingerprint density at radius 3 is 2.69 bits per heavy atom. The van der Waals surface area contributed by atoms with Gasteiger partial charge in [0.1, 0.15) is 5.01 Å². The molecule has 1 aromatic rings. The smallest absolute Gasteiger partial charge is 0.107 e. The van der Waals surface area contributed by atoms with E-state index in [1.165, 1.54) is 15.6 Å². The van der Waals surface area contributed by atoms with Crippen molar-refractivity contribution in [2.45, 2.75) is 26.4 Å². The van der Waals surface area contributed by atoms with Crippen molar-refractivity contribution in [1.29, 1.82) is 0 Å². The zero-order chi connectivity index (χ0) is 9.42. The third-order valence-corrected chi connectivity index (χ3v) is 3.47. The maximum atomic E-state index is 5.70. The van der Waals surface area contributed by atoms with Crippen LogP contribution in [0.1, 0.15) is 15.6 Å². The number of hydrogen-bond acceptors (Lipinski definition) is 4. The number of rotatable bonds is 2.